The van der Waals surface area contributed by atoms with Crippen molar-refractivity contribution in [3.05, 3.63) is 0 Å². The van der Waals surface area contributed by atoms with E-state index in [4.69, 9.17) is 0 Å². The second-order valence-corrected chi connectivity index (χ2v) is 2.00. The number of halogens is 7. The maximum absolute atomic E-state index is 11.9. The molecule has 0 aliphatic heterocycles. The third kappa shape index (κ3) is 5.84. The first kappa shape index (κ1) is 20.0. The fourth-order valence-corrected chi connectivity index (χ4v) is 0.161. The molecule has 0 atom stereocenters. The summed E-state index contributed by atoms with van der Waals surface area (Å²) in [7, 11) is 0. The quantitative estimate of drug-likeness (QED) is 0.532. The molecule has 0 aliphatic rings. The molecule has 0 radical (unpaired) electrons. The predicted molar refractivity (Wildman–Crippen MR) is 44.3 cm³/mol. The first-order valence-corrected chi connectivity index (χ1v) is 4.32. The van der Waals surface area contributed by atoms with E-state index in [0.717, 1.165) is 0 Å². The Labute approximate surface area is 84.5 Å². The summed E-state index contributed by atoms with van der Waals surface area (Å²) >= 11 is 0. The smallest absolute Gasteiger partial charge is 0.224 e. The molecule has 0 saturated carbocycles. The van der Waals surface area contributed by atoms with Gasteiger partial charge >= 0.3 is 12.4 Å². The Bertz CT molecular complexity index is 126. The minimum atomic E-state index is -5.91. The molecule has 0 rings (SSSR count). The van der Waals surface area contributed by atoms with E-state index in [1.807, 2.05) is 27.7 Å². The Morgan fingerprint density at radius 3 is 0.667 bits per heavy atom. The third-order valence-corrected chi connectivity index (χ3v) is 1.06. The molecule has 15 heavy (non-hydrogen) atoms. The highest BCUT2D eigenvalue weighted by atomic mass is 19.4. The van der Waals surface area contributed by atoms with Crippen molar-refractivity contribution in [2.24, 2.45) is 0 Å². The van der Waals surface area contributed by atoms with Crippen molar-refractivity contribution in [3.63, 3.8) is 0 Å². The van der Waals surface area contributed by atoms with Crippen LogP contribution in [0, 0.1) is 0 Å². The van der Waals surface area contributed by atoms with E-state index in [-0.39, 0.29) is 0 Å². The minimum absolute atomic E-state index is 0.562. The van der Waals surface area contributed by atoms with E-state index in [2.05, 4.69) is 0 Å². The van der Waals surface area contributed by atoms with Gasteiger partial charge in [-0.2, -0.15) is 26.3 Å². The number of rotatable bonds is 0. The zero-order chi connectivity index (χ0) is 13.5. The van der Waals surface area contributed by atoms with Crippen molar-refractivity contribution in [1.82, 2.24) is 0 Å². The van der Waals surface area contributed by atoms with E-state index in [0.29, 0.717) is 0 Å². The van der Waals surface area contributed by atoms with E-state index in [9.17, 15) is 30.7 Å². The van der Waals surface area contributed by atoms with E-state index >= 15 is 0 Å². The highest BCUT2D eigenvalue weighted by molar-refractivity contribution is 4.89. The number of hydrogen-bond donors (Lipinski definition) is 0. The molecular weight excluding hydrogens is 229 g/mol. The van der Waals surface area contributed by atoms with E-state index in [1.54, 1.807) is 0 Å². The molecule has 0 aromatic heterocycles. The van der Waals surface area contributed by atoms with Gasteiger partial charge in [0, 0.05) is 0 Å². The summed E-state index contributed by atoms with van der Waals surface area (Å²) in [6.45, 7) is 7.44. The van der Waals surface area contributed by atoms with Crippen LogP contribution in [0.15, 0.2) is 0 Å². The average Bonchev–Trinajstić information content (AvgIpc) is 2.08. The van der Waals surface area contributed by atoms with Gasteiger partial charge < -0.3 is 0 Å². The van der Waals surface area contributed by atoms with E-state index < -0.39 is 24.9 Å². The molecule has 0 nitrogen and oxygen atoms in total. The SMILES string of the molecule is CC.CC.CC(F)(C(F)(F)F)C(F)(F)F. The van der Waals surface area contributed by atoms with Gasteiger partial charge in [0.05, 0.1) is 0 Å². The molecule has 96 valence electrons. The van der Waals surface area contributed by atoms with Gasteiger partial charge in [-0.25, -0.2) is 4.39 Å². The van der Waals surface area contributed by atoms with Crippen molar-refractivity contribution in [2.45, 2.75) is 52.6 Å². The molecule has 0 saturated heterocycles. The van der Waals surface area contributed by atoms with Crippen LogP contribution >= 0.6 is 0 Å². The molecule has 0 spiro atoms. The summed E-state index contributed by atoms with van der Waals surface area (Å²) in [4.78, 5) is 0. The second-order valence-electron chi connectivity index (χ2n) is 2.00. The standard InChI is InChI=1S/C4H3F7.2C2H6/c1-2(5,3(6,7)8)4(9,10)11;2*1-2/h1H3;2*1-2H3. The van der Waals surface area contributed by atoms with Crippen LogP contribution in [0.1, 0.15) is 34.6 Å². The Morgan fingerprint density at radius 2 is 0.667 bits per heavy atom. The summed E-state index contributed by atoms with van der Waals surface area (Å²) < 4.78 is 79.3. The lowest BCUT2D eigenvalue weighted by Gasteiger charge is -2.25. The minimum Gasteiger partial charge on any atom is -0.224 e. The summed E-state index contributed by atoms with van der Waals surface area (Å²) in [5, 5.41) is 0. The van der Waals surface area contributed by atoms with Crippen molar-refractivity contribution in [1.29, 1.82) is 0 Å². The second kappa shape index (κ2) is 6.90. The highest BCUT2D eigenvalue weighted by Gasteiger charge is 2.69. The molecule has 0 aromatic carbocycles. The Kier molecular flexibility index (Phi) is 9.19. The average molecular weight is 244 g/mol. The fourth-order valence-electron chi connectivity index (χ4n) is 0.161. The zero-order valence-corrected chi connectivity index (χ0v) is 9.15. The molecule has 0 aromatic rings. The fraction of sp³-hybridized carbons (Fsp3) is 1.00. The molecule has 0 amide bonds. The van der Waals surface area contributed by atoms with Crippen molar-refractivity contribution in [2.75, 3.05) is 0 Å². The van der Waals surface area contributed by atoms with Crippen LogP contribution < -0.4 is 0 Å². The molecule has 0 aliphatic carbocycles. The lowest BCUT2D eigenvalue weighted by atomic mass is 10.1. The molecule has 0 N–H and O–H groups in total. The molecule has 0 fully saturated rings. The van der Waals surface area contributed by atoms with Crippen LogP contribution in [0.3, 0.4) is 0 Å². The van der Waals surface area contributed by atoms with Gasteiger partial charge in [-0.05, 0) is 6.92 Å². The third-order valence-electron chi connectivity index (χ3n) is 1.06. The largest absolute Gasteiger partial charge is 0.431 e. The van der Waals surface area contributed by atoms with Crippen LogP contribution in [-0.4, -0.2) is 18.0 Å². The maximum Gasteiger partial charge on any atom is 0.431 e. The van der Waals surface area contributed by atoms with Gasteiger partial charge in [-0.3, -0.25) is 0 Å². The number of alkyl halides is 7. The van der Waals surface area contributed by atoms with Crippen LogP contribution in [0.2, 0.25) is 0 Å². The predicted octanol–water partition coefficient (Wildman–Crippen LogP) is 4.89. The normalized spacial score (nSPS) is 12.0. The molecule has 0 heterocycles. The molecule has 0 bridgehead atoms. The van der Waals surface area contributed by atoms with Crippen molar-refractivity contribution >= 4 is 0 Å². The molecule has 0 unspecified atom stereocenters. The summed E-state index contributed by atoms with van der Waals surface area (Å²) in [5.41, 5.74) is -5.12. The van der Waals surface area contributed by atoms with E-state index in [1.165, 1.54) is 0 Å². The van der Waals surface area contributed by atoms with Crippen LogP contribution in [-0.2, 0) is 0 Å². The summed E-state index contributed by atoms with van der Waals surface area (Å²) in [6.07, 6.45) is -11.8. The summed E-state index contributed by atoms with van der Waals surface area (Å²) in [5.74, 6) is 0. The monoisotopic (exact) mass is 244 g/mol. The zero-order valence-electron chi connectivity index (χ0n) is 9.15. The summed E-state index contributed by atoms with van der Waals surface area (Å²) in [6, 6.07) is 0. The van der Waals surface area contributed by atoms with Crippen LogP contribution in [0.4, 0.5) is 30.7 Å². The lowest BCUT2D eigenvalue weighted by molar-refractivity contribution is -0.334. The lowest BCUT2D eigenvalue weighted by Crippen LogP contribution is -2.50. The highest BCUT2D eigenvalue weighted by Crippen LogP contribution is 2.45. The van der Waals surface area contributed by atoms with Crippen LogP contribution in [0.25, 0.3) is 0 Å². The van der Waals surface area contributed by atoms with Gasteiger partial charge in [0.15, 0.2) is 0 Å². The Hall–Kier alpha value is -0.490. The number of hydrogen-bond acceptors (Lipinski definition) is 0. The topological polar surface area (TPSA) is 0 Å². The first-order valence-electron chi connectivity index (χ1n) is 4.32. The van der Waals surface area contributed by atoms with Gasteiger partial charge in [-0.1, -0.05) is 27.7 Å². The Morgan fingerprint density at radius 1 is 0.533 bits per heavy atom. The van der Waals surface area contributed by atoms with Crippen molar-refractivity contribution < 1.29 is 30.7 Å². The molecular formula is C8H15F7. The van der Waals surface area contributed by atoms with Crippen LogP contribution in [0.5, 0.6) is 0 Å². The van der Waals surface area contributed by atoms with Gasteiger partial charge in [0.2, 0.25) is 0 Å². The first-order chi connectivity index (χ1) is 6.50. The Balaban J connectivity index is -0.000000318. The van der Waals surface area contributed by atoms with Gasteiger partial charge in [0.1, 0.15) is 0 Å². The maximum atomic E-state index is 11.9. The van der Waals surface area contributed by atoms with Gasteiger partial charge in [0.25, 0.3) is 5.67 Å². The molecule has 7 heteroatoms. The van der Waals surface area contributed by atoms with Gasteiger partial charge in [-0.15, -0.1) is 0 Å². The van der Waals surface area contributed by atoms with Crippen molar-refractivity contribution in [3.8, 4) is 0 Å².